The van der Waals surface area contributed by atoms with E-state index in [1.54, 1.807) is 11.8 Å². The Balaban J connectivity index is 1.56. The lowest BCUT2D eigenvalue weighted by Crippen LogP contribution is -2.09. The first-order valence-electron chi connectivity index (χ1n) is 10.8. The van der Waals surface area contributed by atoms with E-state index >= 15 is 0 Å². The van der Waals surface area contributed by atoms with Crippen molar-refractivity contribution in [2.24, 2.45) is 0 Å². The quantitative estimate of drug-likeness (QED) is 0.286. The summed E-state index contributed by atoms with van der Waals surface area (Å²) in [5, 5.41) is 11.0. The maximum atomic E-state index is 6.17. The van der Waals surface area contributed by atoms with Crippen LogP contribution in [0.15, 0.2) is 84.0 Å². The monoisotopic (exact) mass is 460 g/mol. The average Bonchev–Trinajstić information content (AvgIpc) is 3.58. The summed E-state index contributed by atoms with van der Waals surface area (Å²) in [5.41, 5.74) is 4.70. The van der Waals surface area contributed by atoms with E-state index in [4.69, 9.17) is 11.6 Å². The van der Waals surface area contributed by atoms with Crippen LogP contribution in [0.5, 0.6) is 0 Å². The number of anilines is 1. The van der Waals surface area contributed by atoms with Gasteiger partial charge in [0.05, 0.1) is 5.25 Å². The molecule has 1 saturated carbocycles. The molecule has 0 spiro atoms. The molecule has 4 nitrogen and oxygen atoms in total. The third kappa shape index (κ3) is 4.41. The highest BCUT2D eigenvalue weighted by Crippen LogP contribution is 2.45. The second-order valence-electron chi connectivity index (χ2n) is 8.32. The molecule has 1 unspecified atom stereocenters. The van der Waals surface area contributed by atoms with E-state index in [2.05, 4.69) is 94.4 Å². The molecule has 6 heteroatoms. The van der Waals surface area contributed by atoms with Crippen molar-refractivity contribution in [2.75, 3.05) is 19.0 Å². The predicted octanol–water partition coefficient (Wildman–Crippen LogP) is 6.75. The number of thioether (sulfide) groups is 1. The van der Waals surface area contributed by atoms with Gasteiger partial charge in [0.1, 0.15) is 5.82 Å². The Hall–Kier alpha value is -2.76. The molecule has 1 heterocycles. The van der Waals surface area contributed by atoms with Crippen LogP contribution in [0.2, 0.25) is 5.02 Å². The van der Waals surface area contributed by atoms with Crippen molar-refractivity contribution in [1.29, 1.82) is 0 Å². The van der Waals surface area contributed by atoms with Gasteiger partial charge in [-0.3, -0.25) is 4.57 Å². The Morgan fingerprint density at radius 3 is 2.16 bits per heavy atom. The van der Waals surface area contributed by atoms with Crippen molar-refractivity contribution in [2.45, 2.75) is 29.2 Å². The van der Waals surface area contributed by atoms with Gasteiger partial charge in [0, 0.05) is 36.4 Å². The van der Waals surface area contributed by atoms with E-state index in [0.29, 0.717) is 5.92 Å². The zero-order valence-electron chi connectivity index (χ0n) is 18.1. The van der Waals surface area contributed by atoms with Gasteiger partial charge in [-0.05, 0) is 60.4 Å². The van der Waals surface area contributed by atoms with Crippen LogP contribution in [0, 0.1) is 0 Å². The molecule has 0 amide bonds. The molecule has 1 aliphatic rings. The number of aromatic nitrogens is 3. The summed E-state index contributed by atoms with van der Waals surface area (Å²) >= 11 is 7.91. The molecule has 0 aliphatic heterocycles. The van der Waals surface area contributed by atoms with Crippen molar-refractivity contribution in [3.8, 4) is 5.69 Å². The fourth-order valence-electron chi connectivity index (χ4n) is 3.81. The molecule has 1 atom stereocenters. The van der Waals surface area contributed by atoms with E-state index in [-0.39, 0.29) is 5.25 Å². The molecule has 0 N–H and O–H groups in total. The van der Waals surface area contributed by atoms with Gasteiger partial charge in [-0.25, -0.2) is 0 Å². The van der Waals surface area contributed by atoms with Crippen molar-refractivity contribution in [3.05, 3.63) is 101 Å². The highest BCUT2D eigenvalue weighted by atomic mass is 35.5. The number of halogens is 1. The molecule has 1 fully saturated rings. The zero-order chi connectivity index (χ0) is 22.1. The summed E-state index contributed by atoms with van der Waals surface area (Å²) in [5.74, 6) is 1.56. The molecule has 5 rings (SSSR count). The first-order valence-corrected chi connectivity index (χ1v) is 12.1. The van der Waals surface area contributed by atoms with Crippen molar-refractivity contribution < 1.29 is 0 Å². The van der Waals surface area contributed by atoms with Crippen LogP contribution in [-0.2, 0) is 0 Å². The molecule has 0 bridgehead atoms. The second-order valence-corrected chi connectivity index (χ2v) is 9.83. The van der Waals surface area contributed by atoms with Gasteiger partial charge in [0.2, 0.25) is 0 Å². The molecule has 3 aromatic carbocycles. The fraction of sp³-hybridized carbons (Fsp3) is 0.231. The van der Waals surface area contributed by atoms with Crippen LogP contribution in [-0.4, -0.2) is 28.9 Å². The van der Waals surface area contributed by atoms with Gasteiger partial charge >= 0.3 is 0 Å². The molecule has 1 aromatic heterocycles. The van der Waals surface area contributed by atoms with E-state index in [1.807, 2.05) is 18.2 Å². The van der Waals surface area contributed by atoms with Crippen LogP contribution in [0.3, 0.4) is 0 Å². The minimum atomic E-state index is 0.0875. The second kappa shape index (κ2) is 9.00. The maximum absolute atomic E-state index is 6.17. The molecule has 1 aliphatic carbocycles. The lowest BCUT2D eigenvalue weighted by Gasteiger charge is -2.19. The van der Waals surface area contributed by atoms with Gasteiger partial charge in [0.15, 0.2) is 5.16 Å². The number of benzene rings is 3. The van der Waals surface area contributed by atoms with Crippen LogP contribution in [0.4, 0.5) is 5.69 Å². The third-order valence-corrected chi connectivity index (χ3v) is 7.23. The summed E-state index contributed by atoms with van der Waals surface area (Å²) in [7, 11) is 4.11. The van der Waals surface area contributed by atoms with Gasteiger partial charge in [-0.1, -0.05) is 65.8 Å². The maximum Gasteiger partial charge on any atom is 0.196 e. The summed E-state index contributed by atoms with van der Waals surface area (Å²) < 4.78 is 2.24. The van der Waals surface area contributed by atoms with Crippen molar-refractivity contribution >= 4 is 29.1 Å². The Labute approximate surface area is 198 Å². The highest BCUT2D eigenvalue weighted by molar-refractivity contribution is 7.99. The van der Waals surface area contributed by atoms with Crippen LogP contribution < -0.4 is 4.90 Å². The summed E-state index contributed by atoms with van der Waals surface area (Å²) in [4.78, 5) is 2.11. The molecular formula is C26H25ClN4S. The Morgan fingerprint density at radius 1 is 0.875 bits per heavy atom. The van der Waals surface area contributed by atoms with Crippen molar-refractivity contribution in [1.82, 2.24) is 14.8 Å². The Morgan fingerprint density at radius 2 is 1.53 bits per heavy atom. The van der Waals surface area contributed by atoms with Gasteiger partial charge in [0.25, 0.3) is 0 Å². The molecular weight excluding hydrogens is 436 g/mol. The Bertz CT molecular complexity index is 1180. The fourth-order valence-corrected chi connectivity index (χ4v) is 5.12. The molecule has 0 radical (unpaired) electrons. The molecule has 32 heavy (non-hydrogen) atoms. The topological polar surface area (TPSA) is 34.0 Å². The van der Waals surface area contributed by atoms with E-state index in [0.717, 1.165) is 21.7 Å². The van der Waals surface area contributed by atoms with E-state index < -0.39 is 0 Å². The van der Waals surface area contributed by atoms with E-state index in [1.165, 1.54) is 29.7 Å². The largest absolute Gasteiger partial charge is 0.378 e. The highest BCUT2D eigenvalue weighted by Gasteiger charge is 2.32. The minimum absolute atomic E-state index is 0.0875. The van der Waals surface area contributed by atoms with Gasteiger partial charge < -0.3 is 4.90 Å². The average molecular weight is 461 g/mol. The summed E-state index contributed by atoms with van der Waals surface area (Å²) in [6.07, 6.45) is 2.36. The van der Waals surface area contributed by atoms with Crippen LogP contribution >= 0.6 is 23.4 Å². The number of hydrogen-bond donors (Lipinski definition) is 0. The van der Waals surface area contributed by atoms with Crippen LogP contribution in [0.1, 0.15) is 41.0 Å². The van der Waals surface area contributed by atoms with Gasteiger partial charge in [-0.2, -0.15) is 0 Å². The molecule has 4 aromatic rings. The third-order valence-electron chi connectivity index (χ3n) is 5.72. The zero-order valence-corrected chi connectivity index (χ0v) is 19.7. The predicted molar refractivity (Wildman–Crippen MR) is 133 cm³/mol. The van der Waals surface area contributed by atoms with Crippen molar-refractivity contribution in [3.63, 3.8) is 0 Å². The molecule has 0 saturated heterocycles. The van der Waals surface area contributed by atoms with E-state index in [9.17, 15) is 0 Å². The smallest absolute Gasteiger partial charge is 0.196 e. The number of rotatable bonds is 7. The summed E-state index contributed by atoms with van der Waals surface area (Å²) in [6, 6.07) is 27.3. The standard InChI is InChI=1S/C26H25ClN4S/c1-30(2)22-14-16-23(17-15-22)31-25(20-8-9-20)28-29-26(31)32-24(18-6-4-3-5-7-18)19-10-12-21(27)13-11-19/h3-7,10-17,20,24H,8-9H2,1-2H3. The lowest BCUT2D eigenvalue weighted by molar-refractivity contribution is 0.827. The normalized spacial score (nSPS) is 14.3. The lowest BCUT2D eigenvalue weighted by atomic mass is 10.0. The first kappa shape index (κ1) is 21.1. The summed E-state index contributed by atoms with van der Waals surface area (Å²) in [6.45, 7) is 0. The van der Waals surface area contributed by atoms with Crippen LogP contribution in [0.25, 0.3) is 5.69 Å². The number of hydrogen-bond acceptors (Lipinski definition) is 4. The first-order chi connectivity index (χ1) is 15.6. The van der Waals surface area contributed by atoms with Gasteiger partial charge in [-0.15, -0.1) is 10.2 Å². The minimum Gasteiger partial charge on any atom is -0.378 e. The number of nitrogens with zero attached hydrogens (tertiary/aromatic N) is 4. The molecule has 162 valence electrons. The Kier molecular flexibility index (Phi) is 5.94. The SMILES string of the molecule is CN(C)c1ccc(-n2c(SC(c3ccccc3)c3ccc(Cl)cc3)nnc2C2CC2)cc1.